The van der Waals surface area contributed by atoms with Crippen molar-refractivity contribution in [1.29, 1.82) is 0 Å². The lowest BCUT2D eigenvalue weighted by molar-refractivity contribution is -0.120. The Kier molecular flexibility index (Phi) is 24.1. The smallest absolute Gasteiger partial charge is 0.240 e. The molecule has 0 radical (unpaired) electrons. The van der Waals surface area contributed by atoms with Crippen molar-refractivity contribution in [3.63, 3.8) is 0 Å². The molecular weight excluding hydrogens is 1170 g/mol. The average Bonchev–Trinajstić information content (AvgIpc) is 3.69. The molecular formula is C64H75Cl5N14O2. The van der Waals surface area contributed by atoms with Gasteiger partial charge in [-0.3, -0.25) is 29.2 Å². The Morgan fingerprint density at radius 1 is 0.482 bits per heavy atom. The molecule has 4 heterocycles. The Bertz CT molecular complexity index is 3330. The van der Waals surface area contributed by atoms with Crippen molar-refractivity contribution in [2.24, 2.45) is 17.2 Å². The van der Waals surface area contributed by atoms with E-state index in [2.05, 4.69) is 78.4 Å². The van der Waals surface area contributed by atoms with Gasteiger partial charge in [-0.15, -0.1) is 0 Å². The Morgan fingerprint density at radius 2 is 0.847 bits per heavy atom. The quantitative estimate of drug-likeness (QED) is 0.0526. The Balaban J connectivity index is 0.000000194. The normalized spacial score (nSPS) is 15.2. The van der Waals surface area contributed by atoms with Gasteiger partial charge in [-0.1, -0.05) is 131 Å². The number of nitrogens with two attached hydrogens (primary N) is 3. The molecule has 0 saturated carbocycles. The number of benzene rings is 6. The minimum absolute atomic E-state index is 0.0994. The van der Waals surface area contributed by atoms with Crippen LogP contribution in [0, 0.1) is 0 Å². The van der Waals surface area contributed by atoms with Gasteiger partial charge in [-0.25, -0.2) is 19.9 Å². The van der Waals surface area contributed by atoms with Crippen LogP contribution in [0.3, 0.4) is 0 Å². The summed E-state index contributed by atoms with van der Waals surface area (Å²) in [6.45, 7) is 10.0. The van der Waals surface area contributed by atoms with Crippen molar-refractivity contribution < 1.29 is 9.59 Å². The van der Waals surface area contributed by atoms with Gasteiger partial charge in [-0.05, 0) is 149 Å². The van der Waals surface area contributed by atoms with Crippen LogP contribution in [0.5, 0.6) is 0 Å². The van der Waals surface area contributed by atoms with Gasteiger partial charge in [0.05, 0.1) is 42.2 Å². The van der Waals surface area contributed by atoms with Crippen LogP contribution in [0.1, 0.15) is 58.8 Å². The van der Waals surface area contributed by atoms with Crippen LogP contribution in [0.2, 0.25) is 25.2 Å². The maximum Gasteiger partial charge on any atom is 0.240 e. The first-order valence-electron chi connectivity index (χ1n) is 28.4. The molecule has 85 heavy (non-hydrogen) atoms. The first-order valence-corrected chi connectivity index (χ1v) is 30.3. The first-order chi connectivity index (χ1) is 40.9. The third kappa shape index (κ3) is 19.0. The van der Waals surface area contributed by atoms with Crippen molar-refractivity contribution >= 4 is 97.4 Å². The summed E-state index contributed by atoms with van der Waals surface area (Å²) in [7, 11) is 7.80. The van der Waals surface area contributed by atoms with Crippen LogP contribution in [-0.4, -0.2) is 167 Å². The Labute approximate surface area is 524 Å². The minimum atomic E-state index is -0.528. The zero-order chi connectivity index (χ0) is 60.6. The lowest BCUT2D eigenvalue weighted by atomic mass is 9.96. The molecule has 2 fully saturated rings. The number of fused-ring (bicyclic) bond motifs is 2. The number of aromatic nitrogens is 4. The fraction of sp³-hybridized carbons (Fsp3) is 0.344. The van der Waals surface area contributed by atoms with E-state index in [1.54, 1.807) is 0 Å². The predicted molar refractivity (Wildman–Crippen MR) is 347 cm³/mol. The number of hydrogen-bond donors (Lipinski definition) is 4. The lowest BCUT2D eigenvalue weighted by Gasteiger charge is -2.39. The van der Waals surface area contributed by atoms with E-state index in [1.165, 1.54) is 22.3 Å². The zero-order valence-corrected chi connectivity index (χ0v) is 52.3. The van der Waals surface area contributed by atoms with Gasteiger partial charge in [0.1, 0.15) is 28.7 Å². The highest BCUT2D eigenvalue weighted by Crippen LogP contribution is 2.34. The summed E-state index contributed by atoms with van der Waals surface area (Å²) in [6.07, 6.45) is 1.21. The third-order valence-corrected chi connectivity index (χ3v) is 16.3. The molecule has 448 valence electrons. The van der Waals surface area contributed by atoms with Crippen molar-refractivity contribution in [2.45, 2.75) is 50.1 Å². The maximum atomic E-state index is 12.3. The minimum Gasteiger partial charge on any atom is -0.368 e. The molecule has 2 aliphatic rings. The van der Waals surface area contributed by atoms with E-state index in [9.17, 15) is 9.59 Å². The SMILES string of the molecule is CN(C)CC[C@H](N)C(N)=O.CN(C)CC[C@H](Nc1nc(CN2CCN(C(c3ccc(Cl)cc3)c3ccc(Cl)cc3)CC2)nc2ccccc12)C(N)=O.Clc1ccc(C(c2ccc(Cl)cc2)N2CCN(Cc3nc(Cl)c4ccccc4n3)CC2)cc1. The highest BCUT2D eigenvalue weighted by atomic mass is 35.5. The predicted octanol–water partition coefficient (Wildman–Crippen LogP) is 10.3. The molecule has 2 saturated heterocycles. The van der Waals surface area contributed by atoms with Crippen LogP contribution in [0.25, 0.3) is 21.8 Å². The molecule has 2 aromatic heterocycles. The van der Waals surface area contributed by atoms with Crippen LogP contribution in [0.15, 0.2) is 146 Å². The molecule has 7 N–H and O–H groups in total. The van der Waals surface area contributed by atoms with Crippen molar-refractivity contribution in [2.75, 3.05) is 99.0 Å². The number of nitrogens with one attached hydrogen (secondary N) is 1. The number of halogens is 5. The summed E-state index contributed by atoms with van der Waals surface area (Å²) < 4.78 is 0. The number of amides is 2. The molecule has 2 atom stereocenters. The van der Waals surface area contributed by atoms with Crippen LogP contribution in [-0.2, 0) is 22.7 Å². The Morgan fingerprint density at radius 3 is 1.24 bits per heavy atom. The van der Waals surface area contributed by atoms with Crippen LogP contribution in [0.4, 0.5) is 5.82 Å². The number of anilines is 1. The fourth-order valence-electron chi connectivity index (χ4n) is 10.4. The number of rotatable bonds is 20. The number of piperazine rings is 2. The summed E-state index contributed by atoms with van der Waals surface area (Å²) in [5.74, 6) is 1.30. The topological polar surface area (TPSA) is 195 Å². The monoisotopic (exact) mass is 1250 g/mol. The summed E-state index contributed by atoms with van der Waals surface area (Å²) in [4.78, 5) is 55.4. The van der Waals surface area contributed by atoms with Crippen LogP contribution < -0.4 is 22.5 Å². The van der Waals surface area contributed by atoms with Crippen molar-refractivity contribution in [1.82, 2.24) is 49.3 Å². The Hall–Kier alpha value is -6.09. The maximum absolute atomic E-state index is 12.3. The van der Waals surface area contributed by atoms with E-state index < -0.39 is 23.9 Å². The van der Waals surface area contributed by atoms with E-state index in [1.807, 2.05) is 135 Å². The van der Waals surface area contributed by atoms with E-state index >= 15 is 0 Å². The highest BCUT2D eigenvalue weighted by Gasteiger charge is 2.29. The third-order valence-electron chi connectivity index (χ3n) is 15.0. The molecule has 16 nitrogen and oxygen atoms in total. The fourth-order valence-corrected chi connectivity index (χ4v) is 11.2. The van der Waals surface area contributed by atoms with E-state index in [0.29, 0.717) is 42.7 Å². The van der Waals surface area contributed by atoms with Gasteiger partial charge < -0.3 is 32.3 Å². The molecule has 2 aliphatic heterocycles. The van der Waals surface area contributed by atoms with Gasteiger partial charge in [0.25, 0.3) is 0 Å². The molecule has 10 rings (SSSR count). The summed E-state index contributed by atoms with van der Waals surface area (Å²) in [5.41, 5.74) is 22.6. The lowest BCUT2D eigenvalue weighted by Crippen LogP contribution is -2.47. The largest absolute Gasteiger partial charge is 0.368 e. The number of primary amides is 2. The van der Waals surface area contributed by atoms with Gasteiger partial charge in [0, 0.05) is 83.2 Å². The number of carbonyl (C=O) groups is 2. The molecule has 21 heteroatoms. The van der Waals surface area contributed by atoms with Gasteiger partial charge in [0.2, 0.25) is 11.8 Å². The zero-order valence-electron chi connectivity index (χ0n) is 48.5. The number of para-hydroxylation sites is 2. The summed E-state index contributed by atoms with van der Waals surface area (Å²) in [5, 5.41) is 8.53. The summed E-state index contributed by atoms with van der Waals surface area (Å²) >= 11 is 31.1. The number of hydrogen-bond acceptors (Lipinski definition) is 14. The molecule has 2 amide bonds. The number of carbonyl (C=O) groups excluding carboxylic acids is 2. The molecule has 0 unspecified atom stereocenters. The van der Waals surface area contributed by atoms with E-state index in [-0.39, 0.29) is 12.1 Å². The molecule has 6 aromatic carbocycles. The van der Waals surface area contributed by atoms with E-state index in [4.69, 9.17) is 90.2 Å². The second kappa shape index (κ2) is 31.5. The molecule has 0 aliphatic carbocycles. The molecule has 0 spiro atoms. The standard InChI is InChI=1S/C32H37Cl2N7O.C26H23Cl3N4.C6H15N3O/c1-39(2)16-15-28(31(35)42)37-32-26-5-3-4-6-27(26)36-29(38-32)21-40-17-19-41(20-18-40)30(22-7-11-24(33)12-8-22)23-9-13-25(34)14-10-23;27-20-9-5-18(6-10-20)25(19-7-11-21(28)12-8-19)33-15-13-32(14-16-33)17-24-30-23-4-2-1-3-22(23)26(29)31-24;1-9(2)4-3-5(7)6(8)10/h3-14,28,30H,15-21H2,1-2H3,(H2,35,42)(H,36,37,38);1-12,25H,13-17H2;5H,3-4,7H2,1-2H3,(H2,8,10)/t28-;;5-/m0.0/s1. The first kappa shape index (κ1) is 64.9. The second-order valence-electron chi connectivity index (χ2n) is 21.9. The van der Waals surface area contributed by atoms with Crippen molar-refractivity contribution in [3.8, 4) is 0 Å². The van der Waals surface area contributed by atoms with Gasteiger partial charge in [0.15, 0.2) is 0 Å². The second-order valence-corrected chi connectivity index (χ2v) is 24.0. The van der Waals surface area contributed by atoms with Crippen molar-refractivity contribution in [3.05, 3.63) is 205 Å². The average molecular weight is 1250 g/mol. The highest BCUT2D eigenvalue weighted by molar-refractivity contribution is 6.34. The molecule has 0 bridgehead atoms. The van der Waals surface area contributed by atoms with Gasteiger partial charge >= 0.3 is 0 Å². The number of nitrogens with zero attached hydrogens (tertiary/aromatic N) is 10. The summed E-state index contributed by atoms with van der Waals surface area (Å²) in [6, 6.07) is 47.4. The van der Waals surface area contributed by atoms with Gasteiger partial charge in [-0.2, -0.15) is 0 Å². The van der Waals surface area contributed by atoms with E-state index in [0.717, 1.165) is 113 Å². The molecule has 8 aromatic rings. The van der Waals surface area contributed by atoms with Crippen LogP contribution >= 0.6 is 58.0 Å².